The second-order valence-corrected chi connectivity index (χ2v) is 6.02. The maximum absolute atomic E-state index is 12.1. The summed E-state index contributed by atoms with van der Waals surface area (Å²) in [4.78, 5) is 37.9. The Morgan fingerprint density at radius 1 is 1.10 bits per heavy atom. The molecule has 0 saturated carbocycles. The van der Waals surface area contributed by atoms with Crippen LogP contribution in [0, 0.1) is 10.1 Å². The van der Waals surface area contributed by atoms with Crippen LogP contribution in [0.3, 0.4) is 0 Å². The number of para-hydroxylation sites is 1. The third-order valence-corrected chi connectivity index (χ3v) is 3.89. The Hall–Kier alpha value is -4.53. The van der Waals surface area contributed by atoms with Crippen molar-refractivity contribution in [2.45, 2.75) is 0 Å². The number of anilines is 1. The van der Waals surface area contributed by atoms with Gasteiger partial charge in [0.2, 0.25) is 17.7 Å². The third kappa shape index (κ3) is 5.26. The predicted octanol–water partition coefficient (Wildman–Crippen LogP) is 3.53. The van der Waals surface area contributed by atoms with E-state index >= 15 is 0 Å². The van der Waals surface area contributed by atoms with Crippen molar-refractivity contribution in [3.63, 3.8) is 0 Å². The van der Waals surface area contributed by atoms with E-state index in [4.69, 9.17) is 10.5 Å². The maximum atomic E-state index is 12.1. The molecule has 30 heavy (non-hydrogen) atoms. The number of primary amides is 1. The van der Waals surface area contributed by atoms with Crippen molar-refractivity contribution in [3.05, 3.63) is 94.2 Å². The van der Waals surface area contributed by atoms with Crippen LogP contribution in [-0.4, -0.2) is 21.7 Å². The quantitative estimate of drug-likeness (QED) is 0.351. The highest BCUT2D eigenvalue weighted by molar-refractivity contribution is 6.02. The summed E-state index contributed by atoms with van der Waals surface area (Å²) in [6, 6.07) is 15.6. The fourth-order valence-electron chi connectivity index (χ4n) is 2.49. The number of amides is 2. The van der Waals surface area contributed by atoms with Crippen LogP contribution in [0.1, 0.15) is 15.9 Å². The van der Waals surface area contributed by atoms with Gasteiger partial charge in [0.15, 0.2) is 0 Å². The molecule has 1 aromatic heterocycles. The number of ether oxygens (including phenoxy) is 1. The molecule has 2 aromatic carbocycles. The van der Waals surface area contributed by atoms with Crippen LogP contribution in [0.4, 0.5) is 11.4 Å². The Balaban J connectivity index is 1.63. The fraction of sp³-hybridized carbons (Fsp3) is 0. The first-order chi connectivity index (χ1) is 14.4. The summed E-state index contributed by atoms with van der Waals surface area (Å²) in [5.74, 6) is -0.397. The number of benzene rings is 2. The number of pyridine rings is 1. The summed E-state index contributed by atoms with van der Waals surface area (Å²) in [5.41, 5.74) is 6.18. The van der Waals surface area contributed by atoms with Crippen molar-refractivity contribution in [1.29, 1.82) is 0 Å². The predicted molar refractivity (Wildman–Crippen MR) is 110 cm³/mol. The molecular formula is C21H16N4O5. The fourth-order valence-corrected chi connectivity index (χ4v) is 2.49. The highest BCUT2D eigenvalue weighted by Gasteiger charge is 2.10. The van der Waals surface area contributed by atoms with Crippen LogP contribution in [0.5, 0.6) is 11.6 Å². The molecule has 3 N–H and O–H groups in total. The first kappa shape index (κ1) is 20.2. The molecule has 0 atom stereocenters. The van der Waals surface area contributed by atoms with Gasteiger partial charge in [-0.05, 0) is 36.4 Å². The number of nitro groups is 1. The number of nitrogens with zero attached hydrogens (tertiary/aromatic N) is 2. The zero-order valence-electron chi connectivity index (χ0n) is 15.5. The molecule has 0 fully saturated rings. The highest BCUT2D eigenvalue weighted by atomic mass is 16.6. The summed E-state index contributed by atoms with van der Waals surface area (Å²) in [6.45, 7) is 0. The summed E-state index contributed by atoms with van der Waals surface area (Å²) in [5, 5.41) is 13.6. The second-order valence-electron chi connectivity index (χ2n) is 6.02. The Morgan fingerprint density at radius 2 is 1.90 bits per heavy atom. The SMILES string of the molecule is NC(=O)c1cccc(Oc2ccc(NC(=O)/C=C/c3ccccc3[N+](=O)[O-])cn2)c1. The molecule has 1 heterocycles. The van der Waals surface area contributed by atoms with Gasteiger partial charge < -0.3 is 15.8 Å². The average Bonchev–Trinajstić information content (AvgIpc) is 2.74. The van der Waals surface area contributed by atoms with Crippen molar-refractivity contribution in [2.75, 3.05) is 5.32 Å². The van der Waals surface area contributed by atoms with Gasteiger partial charge in [0.25, 0.3) is 5.69 Å². The first-order valence-corrected chi connectivity index (χ1v) is 8.68. The molecule has 9 heteroatoms. The molecule has 0 saturated heterocycles. The summed E-state index contributed by atoms with van der Waals surface area (Å²) < 4.78 is 5.56. The summed E-state index contributed by atoms with van der Waals surface area (Å²) in [7, 11) is 0. The third-order valence-electron chi connectivity index (χ3n) is 3.89. The van der Waals surface area contributed by atoms with Crippen LogP contribution in [-0.2, 0) is 4.79 Å². The molecule has 0 aliphatic rings. The van der Waals surface area contributed by atoms with E-state index in [0.717, 1.165) is 0 Å². The first-order valence-electron chi connectivity index (χ1n) is 8.68. The van der Waals surface area contributed by atoms with Gasteiger partial charge in [-0.15, -0.1) is 0 Å². The number of hydrogen-bond donors (Lipinski definition) is 2. The average molecular weight is 404 g/mol. The Bertz CT molecular complexity index is 1130. The van der Waals surface area contributed by atoms with Crippen LogP contribution >= 0.6 is 0 Å². The van der Waals surface area contributed by atoms with E-state index in [1.165, 1.54) is 36.5 Å². The minimum absolute atomic E-state index is 0.0925. The van der Waals surface area contributed by atoms with Gasteiger partial charge in [-0.1, -0.05) is 18.2 Å². The minimum Gasteiger partial charge on any atom is -0.439 e. The van der Waals surface area contributed by atoms with Gasteiger partial charge in [0.1, 0.15) is 5.75 Å². The van der Waals surface area contributed by atoms with Crippen LogP contribution in [0.25, 0.3) is 6.08 Å². The Kier molecular flexibility index (Phi) is 6.14. The number of aromatic nitrogens is 1. The van der Waals surface area contributed by atoms with E-state index in [1.807, 2.05) is 0 Å². The van der Waals surface area contributed by atoms with Crippen LogP contribution in [0.2, 0.25) is 0 Å². The van der Waals surface area contributed by atoms with Crippen molar-refractivity contribution < 1.29 is 19.2 Å². The molecule has 3 aromatic rings. The molecule has 0 aliphatic carbocycles. The van der Waals surface area contributed by atoms with E-state index < -0.39 is 16.7 Å². The number of hydrogen-bond acceptors (Lipinski definition) is 6. The van der Waals surface area contributed by atoms with Gasteiger partial charge in [-0.25, -0.2) is 4.98 Å². The zero-order valence-corrected chi connectivity index (χ0v) is 15.5. The smallest absolute Gasteiger partial charge is 0.276 e. The Morgan fingerprint density at radius 3 is 2.60 bits per heavy atom. The monoisotopic (exact) mass is 404 g/mol. The van der Waals surface area contributed by atoms with Crippen LogP contribution in [0.15, 0.2) is 72.9 Å². The molecule has 0 radical (unpaired) electrons. The van der Waals surface area contributed by atoms with E-state index in [2.05, 4.69) is 10.3 Å². The maximum Gasteiger partial charge on any atom is 0.276 e. The van der Waals surface area contributed by atoms with Crippen molar-refractivity contribution >= 4 is 29.3 Å². The lowest BCUT2D eigenvalue weighted by atomic mass is 10.1. The van der Waals surface area contributed by atoms with E-state index in [9.17, 15) is 19.7 Å². The molecule has 0 spiro atoms. The van der Waals surface area contributed by atoms with Crippen LogP contribution < -0.4 is 15.8 Å². The number of nitrogens with one attached hydrogen (secondary N) is 1. The van der Waals surface area contributed by atoms with Gasteiger partial charge in [0.05, 0.1) is 22.4 Å². The summed E-state index contributed by atoms with van der Waals surface area (Å²) in [6.07, 6.45) is 3.95. The molecule has 3 rings (SSSR count). The number of rotatable bonds is 7. The van der Waals surface area contributed by atoms with Crippen molar-refractivity contribution in [3.8, 4) is 11.6 Å². The molecule has 150 valence electrons. The number of carbonyl (C=O) groups is 2. The van der Waals surface area contributed by atoms with Crippen molar-refractivity contribution in [1.82, 2.24) is 4.98 Å². The lowest BCUT2D eigenvalue weighted by Crippen LogP contribution is -2.10. The minimum atomic E-state index is -0.569. The molecular weight excluding hydrogens is 388 g/mol. The highest BCUT2D eigenvalue weighted by Crippen LogP contribution is 2.22. The molecule has 0 bridgehead atoms. The lowest BCUT2D eigenvalue weighted by Gasteiger charge is -2.07. The normalized spacial score (nSPS) is 10.5. The topological polar surface area (TPSA) is 137 Å². The summed E-state index contributed by atoms with van der Waals surface area (Å²) >= 11 is 0. The van der Waals surface area contributed by atoms with Gasteiger partial charge in [0, 0.05) is 23.8 Å². The van der Waals surface area contributed by atoms with E-state index in [1.54, 1.807) is 42.5 Å². The van der Waals surface area contributed by atoms with Gasteiger partial charge >= 0.3 is 0 Å². The second kappa shape index (κ2) is 9.11. The Labute approximate surface area is 171 Å². The number of nitrogens with two attached hydrogens (primary N) is 1. The number of carbonyl (C=O) groups excluding carboxylic acids is 2. The largest absolute Gasteiger partial charge is 0.439 e. The van der Waals surface area contributed by atoms with Gasteiger partial charge in [-0.2, -0.15) is 0 Å². The van der Waals surface area contributed by atoms with E-state index in [0.29, 0.717) is 22.6 Å². The molecule has 0 unspecified atom stereocenters. The van der Waals surface area contributed by atoms with E-state index in [-0.39, 0.29) is 11.6 Å². The molecule has 2 amide bonds. The molecule has 0 aliphatic heterocycles. The van der Waals surface area contributed by atoms with Gasteiger partial charge in [-0.3, -0.25) is 19.7 Å². The standard InChI is InChI=1S/C21H16N4O5/c22-21(27)15-5-3-6-17(12-15)30-20-11-9-16(13-23-20)24-19(26)10-8-14-4-1-2-7-18(14)25(28)29/h1-13H,(H2,22,27)(H,24,26)/b10-8+. The van der Waals surface area contributed by atoms with Crippen molar-refractivity contribution in [2.24, 2.45) is 5.73 Å². The number of nitro benzene ring substituents is 1. The zero-order chi connectivity index (χ0) is 21.5. The molecule has 9 nitrogen and oxygen atoms in total. The lowest BCUT2D eigenvalue weighted by molar-refractivity contribution is -0.385.